The number of hydrogen-bond acceptors (Lipinski definition) is 7. The van der Waals surface area contributed by atoms with Gasteiger partial charge in [0.15, 0.2) is 6.10 Å². The molecule has 2 N–H and O–H groups in total. The molecule has 2 atom stereocenters. The number of piperazine rings is 1. The number of benzene rings is 1. The first kappa shape index (κ1) is 34.1. The summed E-state index contributed by atoms with van der Waals surface area (Å²) in [6.45, 7) is 4.00. The Morgan fingerprint density at radius 2 is 1.66 bits per heavy atom. The van der Waals surface area contributed by atoms with Crippen LogP contribution >= 0.6 is 0 Å². The second-order valence-corrected chi connectivity index (χ2v) is 12.6. The number of rotatable bonds is 8. The zero-order chi connectivity index (χ0) is 31.9. The van der Waals surface area contributed by atoms with Crippen molar-refractivity contribution in [3.63, 3.8) is 0 Å². The average Bonchev–Trinajstić information content (AvgIpc) is 3.45. The quantitative estimate of drug-likeness (QED) is 0.407. The predicted molar refractivity (Wildman–Crippen MR) is 157 cm³/mol. The Labute approximate surface area is 256 Å². The molecule has 5 rings (SSSR count). The van der Waals surface area contributed by atoms with Gasteiger partial charge in [-0.2, -0.15) is 13.2 Å². The summed E-state index contributed by atoms with van der Waals surface area (Å²) in [6, 6.07) is 8.70. The lowest BCUT2D eigenvalue weighted by Gasteiger charge is -2.34. The normalized spacial score (nSPS) is 20.0. The van der Waals surface area contributed by atoms with E-state index in [1.165, 1.54) is 12.5 Å². The number of aliphatic hydroxyl groups excluding tert-OH is 1. The van der Waals surface area contributed by atoms with E-state index in [2.05, 4.69) is 15.3 Å². The maximum Gasteiger partial charge on any atom is 0.415 e. The van der Waals surface area contributed by atoms with Gasteiger partial charge >= 0.3 is 6.18 Å². The summed E-state index contributed by atoms with van der Waals surface area (Å²) in [5.74, 6) is 0.406. The second-order valence-electron chi connectivity index (χ2n) is 11.1. The van der Waals surface area contributed by atoms with Gasteiger partial charge in [0.05, 0.1) is 4.90 Å². The molecule has 0 bridgehead atoms. The Morgan fingerprint density at radius 1 is 1.00 bits per heavy atom. The number of carbonyl (C=O) groups is 1. The SMILES string of the molecule is Cc1cc(C(F)F)nc(N2CCN(S(=O)c3ccc(N4CCCC4=O)cc3)CC2)n1.OC(CNC1CCCCC1)C(F)(F)F. The molecule has 2 aromatic rings. The first-order chi connectivity index (χ1) is 20.9. The highest BCUT2D eigenvalue weighted by atomic mass is 32.2. The van der Waals surface area contributed by atoms with Crippen LogP contribution in [0.1, 0.15) is 62.8 Å². The molecule has 9 nitrogen and oxygen atoms in total. The van der Waals surface area contributed by atoms with Crippen LogP contribution in [0.25, 0.3) is 0 Å². The van der Waals surface area contributed by atoms with Crippen molar-refractivity contribution in [3.05, 3.63) is 41.7 Å². The summed E-state index contributed by atoms with van der Waals surface area (Å²) in [5, 5.41) is 11.5. The van der Waals surface area contributed by atoms with Crippen LogP contribution in [-0.4, -0.2) is 87.1 Å². The fraction of sp³-hybridized carbons (Fsp3) is 0.621. The monoisotopic (exact) mass is 646 g/mol. The molecule has 15 heteroatoms. The lowest BCUT2D eigenvalue weighted by atomic mass is 9.95. The fourth-order valence-electron chi connectivity index (χ4n) is 5.40. The van der Waals surface area contributed by atoms with Crippen LogP contribution in [0.15, 0.2) is 35.2 Å². The van der Waals surface area contributed by atoms with E-state index in [1.807, 2.05) is 21.3 Å². The summed E-state index contributed by atoms with van der Waals surface area (Å²) in [5.41, 5.74) is 1.05. The number of aromatic nitrogens is 2. The summed E-state index contributed by atoms with van der Waals surface area (Å²) >= 11 is 0. The largest absolute Gasteiger partial charge is 0.415 e. The third kappa shape index (κ3) is 9.38. The number of nitrogens with zero attached hydrogens (tertiary/aromatic N) is 5. The highest BCUT2D eigenvalue weighted by Gasteiger charge is 2.38. The van der Waals surface area contributed by atoms with Gasteiger partial charge in [-0.3, -0.25) is 4.79 Å². The van der Waals surface area contributed by atoms with Gasteiger partial charge in [-0.1, -0.05) is 19.3 Å². The number of nitrogens with one attached hydrogen (secondary N) is 1. The van der Waals surface area contributed by atoms with E-state index in [-0.39, 0.29) is 30.1 Å². The van der Waals surface area contributed by atoms with Crippen molar-refractivity contribution in [2.24, 2.45) is 0 Å². The number of aliphatic hydroxyl groups is 1. The van der Waals surface area contributed by atoms with Gasteiger partial charge in [0.2, 0.25) is 11.9 Å². The smallest absolute Gasteiger partial charge is 0.382 e. The van der Waals surface area contributed by atoms with Gasteiger partial charge in [0.25, 0.3) is 6.43 Å². The molecule has 3 fully saturated rings. The molecule has 2 aliphatic heterocycles. The molecule has 1 saturated carbocycles. The molecule has 1 amide bonds. The Kier molecular flexibility index (Phi) is 12.0. The van der Waals surface area contributed by atoms with Gasteiger partial charge in [-0.05, 0) is 56.5 Å². The minimum absolute atomic E-state index is 0.119. The average molecular weight is 647 g/mol. The van der Waals surface area contributed by atoms with Crippen LogP contribution < -0.4 is 15.1 Å². The number of alkyl halides is 5. The second kappa shape index (κ2) is 15.5. The molecule has 44 heavy (non-hydrogen) atoms. The summed E-state index contributed by atoms with van der Waals surface area (Å²) in [6.07, 6.45) is -2.79. The molecule has 244 valence electrons. The number of anilines is 2. The Hall–Kier alpha value is -2.75. The van der Waals surface area contributed by atoms with Crippen molar-refractivity contribution in [1.29, 1.82) is 0 Å². The first-order valence-corrected chi connectivity index (χ1v) is 16.0. The van der Waals surface area contributed by atoms with Crippen LogP contribution in [0.2, 0.25) is 0 Å². The van der Waals surface area contributed by atoms with Gasteiger partial charge in [0, 0.05) is 63.1 Å². The van der Waals surface area contributed by atoms with Crippen molar-refractivity contribution < 1.29 is 36.1 Å². The molecule has 1 aromatic heterocycles. The summed E-state index contributed by atoms with van der Waals surface area (Å²) in [7, 11) is -1.33. The van der Waals surface area contributed by atoms with Crippen molar-refractivity contribution in [2.75, 3.05) is 49.1 Å². The summed E-state index contributed by atoms with van der Waals surface area (Å²) in [4.78, 5) is 24.4. The maximum absolute atomic E-state index is 13.0. The molecule has 1 aromatic carbocycles. The van der Waals surface area contributed by atoms with E-state index in [4.69, 9.17) is 5.11 Å². The van der Waals surface area contributed by atoms with E-state index < -0.39 is 29.7 Å². The van der Waals surface area contributed by atoms with E-state index in [0.717, 1.165) is 44.3 Å². The lowest BCUT2D eigenvalue weighted by Crippen LogP contribution is -2.47. The maximum atomic E-state index is 13.0. The Morgan fingerprint density at radius 3 is 2.23 bits per heavy atom. The van der Waals surface area contributed by atoms with Gasteiger partial charge in [-0.15, -0.1) is 0 Å². The van der Waals surface area contributed by atoms with E-state index in [9.17, 15) is 31.0 Å². The van der Waals surface area contributed by atoms with Crippen molar-refractivity contribution >= 4 is 28.5 Å². The van der Waals surface area contributed by atoms with E-state index >= 15 is 0 Å². The summed E-state index contributed by atoms with van der Waals surface area (Å²) < 4.78 is 76.6. The lowest BCUT2D eigenvalue weighted by molar-refractivity contribution is -0.202. The zero-order valence-corrected chi connectivity index (χ0v) is 25.4. The van der Waals surface area contributed by atoms with E-state index in [0.29, 0.717) is 43.2 Å². The topological polar surface area (TPSA) is 102 Å². The highest BCUT2D eigenvalue weighted by molar-refractivity contribution is 7.82. The van der Waals surface area contributed by atoms with Crippen LogP contribution in [0.3, 0.4) is 0 Å². The van der Waals surface area contributed by atoms with Crippen LogP contribution in [-0.2, 0) is 15.8 Å². The highest BCUT2D eigenvalue weighted by Crippen LogP contribution is 2.25. The third-order valence-corrected chi connectivity index (χ3v) is 9.36. The van der Waals surface area contributed by atoms with Crippen LogP contribution in [0.5, 0.6) is 0 Å². The van der Waals surface area contributed by atoms with Crippen molar-refractivity contribution in [2.45, 2.75) is 81.5 Å². The molecule has 3 aliphatic rings. The Balaban J connectivity index is 0.000000265. The number of hydrogen-bond donors (Lipinski definition) is 2. The Bertz CT molecular complexity index is 1260. The van der Waals surface area contributed by atoms with Crippen LogP contribution in [0.4, 0.5) is 33.6 Å². The molecule has 2 saturated heterocycles. The van der Waals surface area contributed by atoms with Crippen LogP contribution in [0, 0.1) is 6.92 Å². The number of carbonyl (C=O) groups excluding carboxylic acids is 1. The van der Waals surface area contributed by atoms with E-state index in [1.54, 1.807) is 24.0 Å². The molecule has 3 heterocycles. The molecule has 0 spiro atoms. The first-order valence-electron chi connectivity index (χ1n) is 14.9. The van der Waals surface area contributed by atoms with Gasteiger partial charge in [0.1, 0.15) is 16.7 Å². The number of aryl methyl sites for hydroxylation is 1. The molecule has 1 aliphatic carbocycles. The molecular formula is C29H39F5N6O3S. The number of amides is 1. The zero-order valence-electron chi connectivity index (χ0n) is 24.6. The molecular weight excluding hydrogens is 607 g/mol. The minimum Gasteiger partial charge on any atom is -0.382 e. The van der Waals surface area contributed by atoms with Gasteiger partial charge < -0.3 is 20.2 Å². The van der Waals surface area contributed by atoms with Crippen molar-refractivity contribution in [1.82, 2.24) is 19.6 Å². The van der Waals surface area contributed by atoms with Gasteiger partial charge in [-0.25, -0.2) is 27.3 Å². The number of halogens is 5. The molecule has 2 unspecified atom stereocenters. The minimum atomic E-state index is -4.50. The van der Waals surface area contributed by atoms with Crippen molar-refractivity contribution in [3.8, 4) is 0 Å². The molecule has 0 radical (unpaired) electrons. The fourth-order valence-corrected chi connectivity index (χ4v) is 6.56. The third-order valence-electron chi connectivity index (χ3n) is 7.85. The standard InChI is InChI=1S/C20H23F2N5O2S.C9H16F3NO/c1-14-13-17(19(21)22)24-20(23-14)25-9-11-26(12-10-25)30(29)16-6-4-15(5-7-16)27-8-2-3-18(27)28;10-9(11,12)8(14)6-13-7-4-2-1-3-5-7/h4-7,13,19H,2-3,8-12H2,1H3;7-8,13-14H,1-6H2. The predicted octanol–water partition coefficient (Wildman–Crippen LogP) is 4.53.